The molecule has 5 aromatic rings. The number of carbonyl (C=O) groups excluding carboxylic acids is 1. The Morgan fingerprint density at radius 3 is 2.62 bits per heavy atom. The summed E-state index contributed by atoms with van der Waals surface area (Å²) in [5.41, 5.74) is 5.94. The van der Waals surface area contributed by atoms with Crippen LogP contribution in [0.1, 0.15) is 65.7 Å². The molecule has 2 N–H and O–H groups in total. The lowest BCUT2D eigenvalue weighted by Gasteiger charge is -2.35. The van der Waals surface area contributed by atoms with Gasteiger partial charge in [-0.3, -0.25) is 14.3 Å². The Morgan fingerprint density at radius 1 is 1.04 bits per heavy atom. The molecule has 0 radical (unpaired) electrons. The van der Waals surface area contributed by atoms with E-state index >= 15 is 0 Å². The first-order chi connectivity index (χ1) is 22.0. The first kappa shape index (κ1) is 28.9. The maximum absolute atomic E-state index is 12.4. The summed E-state index contributed by atoms with van der Waals surface area (Å²) in [6.45, 7) is 6.82. The standard InChI is InChI=1S/C35H38N6O4/c1-22-31(23(2)45-39-22)26-13-14-28-32-33(26)44-21-29(27-11-6-8-17-36-27)41(32)35(38-28)40-19-15-24(16-20-40)9-5-7-18-37-34(43)25-10-3-4-12-30(25)42/h3-4,6,8,10-14,17,24,29,42H,5,7,9,15-16,18-21H2,1-2H3,(H,37,43)/t29-/m1/s1. The van der Waals surface area contributed by atoms with Crippen molar-refractivity contribution in [2.75, 3.05) is 31.1 Å². The number of anilines is 1. The molecule has 2 aromatic carbocycles. The second-order valence-electron chi connectivity index (χ2n) is 12.1. The first-order valence-electron chi connectivity index (χ1n) is 15.8. The molecule has 2 aliphatic heterocycles. The highest BCUT2D eigenvalue weighted by Gasteiger charge is 2.34. The number of rotatable bonds is 9. The van der Waals surface area contributed by atoms with Crippen molar-refractivity contribution in [3.63, 3.8) is 0 Å². The van der Waals surface area contributed by atoms with E-state index in [4.69, 9.17) is 19.2 Å². The van der Waals surface area contributed by atoms with Crippen molar-refractivity contribution in [2.45, 2.75) is 52.0 Å². The molecule has 10 heteroatoms. The van der Waals surface area contributed by atoms with Gasteiger partial charge in [-0.05, 0) is 75.4 Å². The van der Waals surface area contributed by atoms with Crippen molar-refractivity contribution in [2.24, 2.45) is 5.92 Å². The van der Waals surface area contributed by atoms with Gasteiger partial charge in [0, 0.05) is 31.4 Å². The number of aryl methyl sites for hydroxylation is 2. The summed E-state index contributed by atoms with van der Waals surface area (Å²) in [6.07, 6.45) is 7.12. The van der Waals surface area contributed by atoms with Crippen molar-refractivity contribution < 1.29 is 19.2 Å². The molecular formula is C35H38N6O4. The molecule has 1 saturated heterocycles. The first-order valence-corrected chi connectivity index (χ1v) is 15.8. The number of aromatic nitrogens is 4. The largest absolute Gasteiger partial charge is 0.507 e. The van der Waals surface area contributed by atoms with Gasteiger partial charge in [0.15, 0.2) is 5.75 Å². The van der Waals surface area contributed by atoms with E-state index in [1.807, 2.05) is 32.2 Å². The predicted molar refractivity (Wildman–Crippen MR) is 172 cm³/mol. The number of nitrogens with one attached hydrogen (secondary N) is 1. The van der Waals surface area contributed by atoms with Crippen molar-refractivity contribution in [3.8, 4) is 22.6 Å². The van der Waals surface area contributed by atoms with Crippen molar-refractivity contribution in [3.05, 3.63) is 83.5 Å². The lowest BCUT2D eigenvalue weighted by Crippen LogP contribution is -2.37. The van der Waals surface area contributed by atoms with Crippen LogP contribution in [0.3, 0.4) is 0 Å². The molecule has 45 heavy (non-hydrogen) atoms. The average Bonchev–Trinajstić information content (AvgIpc) is 3.62. The number of para-hydroxylation sites is 1. The molecule has 1 fully saturated rings. The minimum Gasteiger partial charge on any atom is -0.507 e. The summed E-state index contributed by atoms with van der Waals surface area (Å²) >= 11 is 0. The summed E-state index contributed by atoms with van der Waals surface area (Å²) in [5.74, 6) is 2.97. The molecule has 1 amide bonds. The fourth-order valence-electron chi connectivity index (χ4n) is 6.84. The number of pyridine rings is 1. The monoisotopic (exact) mass is 606 g/mol. The summed E-state index contributed by atoms with van der Waals surface area (Å²) in [5, 5.41) is 17.0. The maximum Gasteiger partial charge on any atom is 0.255 e. The molecule has 10 nitrogen and oxygen atoms in total. The van der Waals surface area contributed by atoms with E-state index in [9.17, 15) is 9.90 Å². The molecule has 1 atom stereocenters. The number of phenolic OH excluding ortho intramolecular Hbond substituents is 1. The minimum atomic E-state index is -0.228. The lowest BCUT2D eigenvalue weighted by molar-refractivity contribution is 0.0950. The smallest absolute Gasteiger partial charge is 0.255 e. The maximum atomic E-state index is 12.4. The Morgan fingerprint density at radius 2 is 1.87 bits per heavy atom. The zero-order chi connectivity index (χ0) is 30.9. The van der Waals surface area contributed by atoms with E-state index in [0.717, 1.165) is 96.2 Å². The molecule has 0 unspecified atom stereocenters. The van der Waals surface area contributed by atoms with E-state index in [0.29, 0.717) is 24.6 Å². The number of imidazole rings is 1. The lowest BCUT2D eigenvalue weighted by atomic mass is 9.91. The van der Waals surface area contributed by atoms with Crippen LogP contribution in [0.5, 0.6) is 11.5 Å². The van der Waals surface area contributed by atoms with Crippen molar-refractivity contribution >= 4 is 22.9 Å². The number of unbranched alkanes of at least 4 members (excludes halogenated alkanes) is 1. The molecule has 0 saturated carbocycles. The minimum absolute atomic E-state index is 0.0114. The van der Waals surface area contributed by atoms with Crippen LogP contribution in [-0.2, 0) is 0 Å². The summed E-state index contributed by atoms with van der Waals surface area (Å²) in [6, 6.07) is 16.7. The number of ether oxygens (including phenoxy) is 1. The zero-order valence-corrected chi connectivity index (χ0v) is 25.7. The van der Waals surface area contributed by atoms with E-state index < -0.39 is 0 Å². The van der Waals surface area contributed by atoms with E-state index in [1.54, 1.807) is 18.2 Å². The second-order valence-corrected chi connectivity index (χ2v) is 12.1. The third-order valence-corrected chi connectivity index (χ3v) is 9.19. The van der Waals surface area contributed by atoms with Gasteiger partial charge < -0.3 is 24.6 Å². The van der Waals surface area contributed by atoms with Gasteiger partial charge in [0.1, 0.15) is 29.7 Å². The van der Waals surface area contributed by atoms with E-state index in [1.165, 1.54) is 6.07 Å². The van der Waals surface area contributed by atoms with Gasteiger partial charge in [-0.1, -0.05) is 36.2 Å². The molecule has 5 heterocycles. The van der Waals surface area contributed by atoms with Gasteiger partial charge in [0.05, 0.1) is 28.0 Å². The van der Waals surface area contributed by atoms with Crippen LogP contribution in [0.15, 0.2) is 65.3 Å². The number of phenols is 1. The number of benzene rings is 2. The van der Waals surface area contributed by atoms with Crippen molar-refractivity contribution in [1.29, 1.82) is 0 Å². The van der Waals surface area contributed by atoms with Gasteiger partial charge >= 0.3 is 0 Å². The average molecular weight is 607 g/mol. The third kappa shape index (κ3) is 5.49. The Hall–Kier alpha value is -4.86. The van der Waals surface area contributed by atoms with Crippen LogP contribution in [0.4, 0.5) is 5.95 Å². The molecule has 0 bridgehead atoms. The van der Waals surface area contributed by atoms with Gasteiger partial charge in [-0.15, -0.1) is 0 Å². The van der Waals surface area contributed by atoms with Gasteiger partial charge in [-0.25, -0.2) is 4.98 Å². The van der Waals surface area contributed by atoms with Crippen LogP contribution in [0.25, 0.3) is 22.2 Å². The van der Waals surface area contributed by atoms with E-state index in [2.05, 4.69) is 38.1 Å². The SMILES string of the molecule is Cc1noc(C)c1-c1ccc2nc(N3CCC(CCCCNC(=O)c4ccccc4O)CC3)n3c2c1OC[C@@H]3c1ccccn1. The predicted octanol–water partition coefficient (Wildman–Crippen LogP) is 6.21. The number of aromatic hydroxyl groups is 1. The fraction of sp³-hybridized carbons (Fsp3) is 0.371. The van der Waals surface area contributed by atoms with Crippen LogP contribution < -0.4 is 15.0 Å². The molecule has 7 rings (SSSR count). The third-order valence-electron chi connectivity index (χ3n) is 9.19. The molecule has 232 valence electrons. The number of carbonyl (C=O) groups is 1. The van der Waals surface area contributed by atoms with Crippen LogP contribution in [0, 0.1) is 19.8 Å². The van der Waals surface area contributed by atoms with Crippen molar-refractivity contribution in [1.82, 2.24) is 25.0 Å². The van der Waals surface area contributed by atoms with Crippen LogP contribution in [0.2, 0.25) is 0 Å². The summed E-state index contributed by atoms with van der Waals surface area (Å²) in [4.78, 5) is 24.7. The zero-order valence-electron chi connectivity index (χ0n) is 25.7. The summed E-state index contributed by atoms with van der Waals surface area (Å²) in [7, 11) is 0. The molecule has 0 spiro atoms. The Labute approximate surface area is 262 Å². The Balaban J connectivity index is 1.06. The number of hydrogen-bond donors (Lipinski definition) is 2. The highest BCUT2D eigenvalue weighted by atomic mass is 16.5. The highest BCUT2D eigenvalue weighted by Crippen LogP contribution is 2.46. The Kier molecular flexibility index (Phi) is 7.87. The van der Waals surface area contributed by atoms with Gasteiger partial charge in [-0.2, -0.15) is 0 Å². The van der Waals surface area contributed by atoms with Crippen LogP contribution in [-0.4, -0.2) is 56.9 Å². The quantitative estimate of drug-likeness (QED) is 0.190. The number of hydrogen-bond acceptors (Lipinski definition) is 8. The molecule has 0 aliphatic carbocycles. The number of amides is 1. The normalized spacial score (nSPS) is 16.6. The van der Waals surface area contributed by atoms with Gasteiger partial charge in [0.2, 0.25) is 5.95 Å². The fourth-order valence-corrected chi connectivity index (χ4v) is 6.84. The highest BCUT2D eigenvalue weighted by molar-refractivity contribution is 5.96. The molecule has 2 aliphatic rings. The second kappa shape index (κ2) is 12.3. The topological polar surface area (TPSA) is 119 Å². The number of nitrogens with zero attached hydrogens (tertiary/aromatic N) is 5. The Bertz CT molecular complexity index is 1800. The van der Waals surface area contributed by atoms with E-state index in [-0.39, 0.29) is 17.7 Å². The number of piperidine rings is 1. The molecular weight excluding hydrogens is 568 g/mol. The van der Waals surface area contributed by atoms with Crippen LogP contribution >= 0.6 is 0 Å². The summed E-state index contributed by atoms with van der Waals surface area (Å²) < 4.78 is 14.4. The molecule has 3 aromatic heterocycles. The van der Waals surface area contributed by atoms with Gasteiger partial charge in [0.25, 0.3) is 5.91 Å².